The molecule has 3 heterocycles. The number of benzene rings is 1. The third-order valence-corrected chi connectivity index (χ3v) is 7.79. The molecule has 11 heteroatoms. The summed E-state index contributed by atoms with van der Waals surface area (Å²) in [4.78, 5) is 22.1. The fourth-order valence-corrected chi connectivity index (χ4v) is 5.60. The number of aryl methyl sites for hydroxylation is 2. The highest BCUT2D eigenvalue weighted by Crippen LogP contribution is 2.31. The van der Waals surface area contributed by atoms with E-state index in [4.69, 9.17) is 15.7 Å². The first-order valence-corrected chi connectivity index (χ1v) is 13.1. The highest BCUT2D eigenvalue weighted by atomic mass is 32.2. The molecule has 2 unspecified atom stereocenters. The van der Waals surface area contributed by atoms with Gasteiger partial charge in [0.1, 0.15) is 17.1 Å². The van der Waals surface area contributed by atoms with E-state index in [1.54, 1.807) is 6.92 Å². The van der Waals surface area contributed by atoms with Crippen molar-refractivity contribution in [3.05, 3.63) is 34.2 Å². The van der Waals surface area contributed by atoms with E-state index in [2.05, 4.69) is 24.7 Å². The van der Waals surface area contributed by atoms with Crippen LogP contribution >= 0.6 is 0 Å². The summed E-state index contributed by atoms with van der Waals surface area (Å²) in [5.41, 5.74) is -0.354. The van der Waals surface area contributed by atoms with Crippen LogP contribution in [-0.2, 0) is 23.5 Å². The molecule has 1 aliphatic heterocycles. The van der Waals surface area contributed by atoms with E-state index >= 15 is 0 Å². The summed E-state index contributed by atoms with van der Waals surface area (Å²) in [5, 5.41) is 4.30. The number of sulfonamides is 1. The average molecular weight is 525 g/mol. The van der Waals surface area contributed by atoms with Crippen molar-refractivity contribution < 1.29 is 24.1 Å². The smallest absolute Gasteiger partial charge is 0.277 e. The number of hydrogen-bond donors (Lipinski definition) is 2. The Morgan fingerprint density at radius 3 is 2.92 bits per heavy atom. The number of H-pyrrole nitrogens is 1. The summed E-state index contributed by atoms with van der Waals surface area (Å²) in [6, 6.07) is 3.49. The first-order valence-electron chi connectivity index (χ1n) is 15.7. The van der Waals surface area contributed by atoms with Crippen molar-refractivity contribution in [1.82, 2.24) is 29.4 Å². The largest absolute Gasteiger partial charge is 0.493 e. The van der Waals surface area contributed by atoms with Crippen molar-refractivity contribution in [2.75, 3.05) is 26.7 Å². The third kappa shape index (κ3) is 5.47. The van der Waals surface area contributed by atoms with Gasteiger partial charge in [0.05, 0.1) is 25.5 Å². The van der Waals surface area contributed by atoms with Crippen LogP contribution in [0.3, 0.4) is 0 Å². The Labute approximate surface area is 223 Å². The molecule has 3 aromatic rings. The molecule has 1 aliphatic rings. The molecule has 1 aromatic carbocycles. The number of rotatable bonds is 11. The van der Waals surface area contributed by atoms with Crippen LogP contribution in [0, 0.1) is 0 Å². The van der Waals surface area contributed by atoms with Gasteiger partial charge in [-0.05, 0) is 63.8 Å². The zero-order valence-corrected chi connectivity index (χ0v) is 21.3. The minimum Gasteiger partial charge on any atom is -0.493 e. The third-order valence-electron chi connectivity index (χ3n) is 6.33. The SMILES string of the molecule is [2H]C(C)Cc1nn(C)c2c(=O)[nH]c(-c3cc(S(=O)(=O)NCCC4CCCN4C)ccc3OC([2H])([2H])C([2H])([2H])C([2H])([2H])[2H])nc12. The molecule has 1 fully saturated rings. The first kappa shape index (κ1) is 17.7. The van der Waals surface area contributed by atoms with Crippen LogP contribution in [0.5, 0.6) is 5.75 Å². The van der Waals surface area contributed by atoms with E-state index in [1.807, 2.05) is 7.05 Å². The predicted octanol–water partition coefficient (Wildman–Crippen LogP) is 2.83. The Morgan fingerprint density at radius 1 is 1.36 bits per heavy atom. The van der Waals surface area contributed by atoms with Crippen molar-refractivity contribution >= 4 is 21.1 Å². The van der Waals surface area contributed by atoms with E-state index in [0.717, 1.165) is 37.6 Å². The van der Waals surface area contributed by atoms with Crippen molar-refractivity contribution in [2.45, 2.75) is 63.2 Å². The number of likely N-dealkylation sites (tertiary alicyclic amines) is 1. The highest BCUT2D eigenvalue weighted by Gasteiger charge is 2.23. The maximum absolute atomic E-state index is 13.3. The molecule has 36 heavy (non-hydrogen) atoms. The van der Waals surface area contributed by atoms with Gasteiger partial charge in [0.15, 0.2) is 5.52 Å². The fourth-order valence-electron chi connectivity index (χ4n) is 4.52. The molecule has 0 amide bonds. The zero-order valence-electron chi connectivity index (χ0n) is 28.5. The van der Waals surface area contributed by atoms with E-state index in [9.17, 15) is 13.2 Å². The molecule has 2 N–H and O–H groups in total. The van der Waals surface area contributed by atoms with Crippen LogP contribution in [0.4, 0.5) is 0 Å². The monoisotopic (exact) mass is 524 g/mol. The van der Waals surface area contributed by atoms with Gasteiger partial charge in [0.2, 0.25) is 10.0 Å². The van der Waals surface area contributed by atoms with E-state index in [0.29, 0.717) is 12.1 Å². The Bertz CT molecular complexity index is 1690. The second-order valence-electron chi connectivity index (χ2n) is 8.74. The summed E-state index contributed by atoms with van der Waals surface area (Å²) in [6.07, 6.45) is -1.36. The van der Waals surface area contributed by atoms with Gasteiger partial charge in [0.25, 0.3) is 5.56 Å². The molecule has 196 valence electrons. The van der Waals surface area contributed by atoms with Crippen molar-refractivity contribution in [2.24, 2.45) is 7.05 Å². The van der Waals surface area contributed by atoms with Gasteiger partial charge in [0, 0.05) is 27.9 Å². The zero-order chi connectivity index (χ0) is 32.8. The summed E-state index contributed by atoms with van der Waals surface area (Å²) in [6.45, 7) is -4.13. The lowest BCUT2D eigenvalue weighted by Crippen LogP contribution is -2.31. The summed E-state index contributed by atoms with van der Waals surface area (Å²) in [7, 11) is -0.621. The normalized spacial score (nSPS) is 22.0. The van der Waals surface area contributed by atoms with Gasteiger partial charge in [-0.2, -0.15) is 5.10 Å². The van der Waals surface area contributed by atoms with Crippen molar-refractivity contribution in [3.8, 4) is 17.1 Å². The summed E-state index contributed by atoms with van der Waals surface area (Å²) in [5.74, 6) is -0.712. The van der Waals surface area contributed by atoms with Crippen molar-refractivity contribution in [3.63, 3.8) is 0 Å². The van der Waals surface area contributed by atoms with Crippen LogP contribution < -0.4 is 15.0 Å². The van der Waals surface area contributed by atoms with E-state index in [1.165, 1.54) is 11.7 Å². The minimum absolute atomic E-state index is 0.0863. The topological polar surface area (TPSA) is 122 Å². The molecule has 10 nitrogen and oxygen atoms in total. The molecule has 0 bridgehead atoms. The van der Waals surface area contributed by atoms with Gasteiger partial charge in [-0.3, -0.25) is 9.48 Å². The van der Waals surface area contributed by atoms with Gasteiger partial charge < -0.3 is 14.6 Å². The minimum atomic E-state index is -4.13. The van der Waals surface area contributed by atoms with Gasteiger partial charge in [-0.15, -0.1) is 0 Å². The number of ether oxygens (including phenoxy) is 1. The Kier molecular flexibility index (Phi) is 5.44. The molecule has 0 spiro atoms. The van der Waals surface area contributed by atoms with E-state index < -0.39 is 47.5 Å². The maximum atomic E-state index is 13.3. The Balaban J connectivity index is 1.82. The number of aromatic amines is 1. The summed E-state index contributed by atoms with van der Waals surface area (Å²) >= 11 is 0. The molecule has 2 atom stereocenters. The van der Waals surface area contributed by atoms with Crippen LogP contribution in [-0.4, -0.2) is 65.8 Å². The number of nitrogens with zero attached hydrogens (tertiary/aromatic N) is 4. The van der Waals surface area contributed by atoms with Gasteiger partial charge in [-0.1, -0.05) is 20.2 Å². The second kappa shape index (κ2) is 11.1. The summed E-state index contributed by atoms with van der Waals surface area (Å²) < 4.78 is 98.5. The Morgan fingerprint density at radius 2 is 2.19 bits per heavy atom. The second-order valence-corrected chi connectivity index (χ2v) is 10.5. The maximum Gasteiger partial charge on any atom is 0.277 e. The molecule has 4 rings (SSSR count). The number of aromatic nitrogens is 4. The number of fused-ring (bicyclic) bond motifs is 1. The molecule has 2 aromatic heterocycles. The Hall–Kier alpha value is -2.76. The number of nitrogens with one attached hydrogen (secondary N) is 2. The van der Waals surface area contributed by atoms with Gasteiger partial charge >= 0.3 is 0 Å². The standard InChI is InChI=1S/C25H36N6O4S/c1-5-8-20-22-23(31(4)29-20)25(32)28-24(27-22)19-16-18(10-11-21(19)35-15-6-2)36(33,34)26-13-12-17-9-7-14-30(17)3/h10-11,16-17,26H,5-9,12-15H2,1-4H3,(H,27,28,32)/i2D3,5D,6D2,15D2. The lowest BCUT2D eigenvalue weighted by Gasteiger charge is -2.19. The van der Waals surface area contributed by atoms with Gasteiger partial charge in [-0.25, -0.2) is 18.1 Å². The first-order chi connectivity index (χ1) is 20.2. The highest BCUT2D eigenvalue weighted by molar-refractivity contribution is 7.89. The van der Waals surface area contributed by atoms with E-state index in [-0.39, 0.29) is 46.3 Å². The lowest BCUT2D eigenvalue weighted by molar-refractivity contribution is 0.297. The predicted molar refractivity (Wildman–Crippen MR) is 140 cm³/mol. The quantitative estimate of drug-likeness (QED) is 0.395. The molecule has 1 saturated heterocycles. The molecular weight excluding hydrogens is 480 g/mol. The fraction of sp³-hybridized carbons (Fsp3) is 0.560. The molecule has 0 radical (unpaired) electrons. The van der Waals surface area contributed by atoms with Crippen LogP contribution in [0.1, 0.15) is 62.5 Å². The average Bonchev–Trinajstić information content (AvgIpc) is 3.44. The van der Waals surface area contributed by atoms with Crippen LogP contribution in [0.25, 0.3) is 22.4 Å². The number of hydrogen-bond acceptors (Lipinski definition) is 7. The van der Waals surface area contributed by atoms with Crippen molar-refractivity contribution in [1.29, 1.82) is 0 Å². The molecular formula is C25H36N6O4S. The molecule has 0 aliphatic carbocycles. The lowest BCUT2D eigenvalue weighted by atomic mass is 10.1. The molecule has 0 saturated carbocycles. The van der Waals surface area contributed by atoms with Crippen LogP contribution in [0.15, 0.2) is 27.9 Å². The van der Waals surface area contributed by atoms with Crippen LogP contribution in [0.2, 0.25) is 0 Å².